The van der Waals surface area contributed by atoms with E-state index in [4.69, 9.17) is 32.7 Å². The summed E-state index contributed by atoms with van der Waals surface area (Å²) in [6.45, 7) is 1.21. The lowest BCUT2D eigenvalue weighted by molar-refractivity contribution is 0.146. The SMILES string of the molecule is COCCOc1ccc(NC(=O)NCc2ccccc2Cl)cc1Cl. The predicted molar refractivity (Wildman–Crippen MR) is 96.1 cm³/mol. The average Bonchev–Trinajstić information content (AvgIpc) is 2.56. The number of carbonyl (C=O) groups is 1. The first-order chi connectivity index (χ1) is 11.6. The van der Waals surface area contributed by atoms with Gasteiger partial charge in [0.25, 0.3) is 0 Å². The zero-order valence-corrected chi connectivity index (χ0v) is 14.7. The van der Waals surface area contributed by atoms with Crippen LogP contribution in [0.25, 0.3) is 0 Å². The Bertz CT molecular complexity index is 695. The lowest BCUT2D eigenvalue weighted by Crippen LogP contribution is -2.28. The zero-order valence-electron chi connectivity index (χ0n) is 13.1. The zero-order chi connectivity index (χ0) is 17.4. The second-order valence-corrected chi connectivity index (χ2v) is 5.70. The van der Waals surface area contributed by atoms with E-state index in [1.165, 1.54) is 0 Å². The molecule has 2 aromatic rings. The fraction of sp³-hybridized carbons (Fsp3) is 0.235. The third kappa shape index (κ3) is 5.60. The number of amides is 2. The third-order valence-corrected chi connectivity index (χ3v) is 3.80. The summed E-state index contributed by atoms with van der Waals surface area (Å²) < 4.78 is 10.4. The highest BCUT2D eigenvalue weighted by Gasteiger charge is 2.07. The molecule has 0 aromatic heterocycles. The number of ether oxygens (including phenoxy) is 2. The van der Waals surface area contributed by atoms with Gasteiger partial charge in [-0.25, -0.2) is 4.79 Å². The second-order valence-electron chi connectivity index (χ2n) is 4.89. The van der Waals surface area contributed by atoms with E-state index in [0.717, 1.165) is 5.56 Å². The van der Waals surface area contributed by atoms with Crippen molar-refractivity contribution < 1.29 is 14.3 Å². The molecule has 2 amide bonds. The molecular weight excluding hydrogens is 351 g/mol. The molecule has 2 aromatic carbocycles. The smallest absolute Gasteiger partial charge is 0.319 e. The van der Waals surface area contributed by atoms with E-state index >= 15 is 0 Å². The van der Waals surface area contributed by atoms with Crippen LogP contribution in [0.5, 0.6) is 5.75 Å². The first kappa shape index (κ1) is 18.4. The molecule has 0 saturated carbocycles. The van der Waals surface area contributed by atoms with Crippen molar-refractivity contribution >= 4 is 34.9 Å². The Labute approximate surface area is 150 Å². The highest BCUT2D eigenvalue weighted by Crippen LogP contribution is 2.27. The number of urea groups is 1. The highest BCUT2D eigenvalue weighted by atomic mass is 35.5. The van der Waals surface area contributed by atoms with Gasteiger partial charge in [0.2, 0.25) is 0 Å². The van der Waals surface area contributed by atoms with Gasteiger partial charge in [0.1, 0.15) is 12.4 Å². The van der Waals surface area contributed by atoms with Crippen molar-refractivity contribution in [2.45, 2.75) is 6.54 Å². The quantitative estimate of drug-likeness (QED) is 0.714. The monoisotopic (exact) mass is 368 g/mol. The van der Waals surface area contributed by atoms with Gasteiger partial charge < -0.3 is 20.1 Å². The van der Waals surface area contributed by atoms with Crippen LogP contribution in [0.4, 0.5) is 10.5 Å². The Balaban J connectivity index is 1.87. The number of rotatable bonds is 7. The van der Waals surface area contributed by atoms with Gasteiger partial charge >= 0.3 is 6.03 Å². The number of benzene rings is 2. The number of halogens is 2. The number of hydrogen-bond donors (Lipinski definition) is 2. The van der Waals surface area contributed by atoms with Crippen LogP contribution in [-0.4, -0.2) is 26.4 Å². The van der Waals surface area contributed by atoms with Crippen LogP contribution < -0.4 is 15.4 Å². The molecule has 0 saturated heterocycles. The number of carbonyl (C=O) groups excluding carboxylic acids is 1. The summed E-state index contributed by atoms with van der Waals surface area (Å²) in [7, 11) is 1.60. The summed E-state index contributed by atoms with van der Waals surface area (Å²) in [4.78, 5) is 11.9. The van der Waals surface area contributed by atoms with Crippen molar-refractivity contribution in [1.29, 1.82) is 0 Å². The summed E-state index contributed by atoms with van der Waals surface area (Å²) in [5, 5.41) is 6.47. The maximum Gasteiger partial charge on any atom is 0.319 e. The summed E-state index contributed by atoms with van der Waals surface area (Å²) in [5.74, 6) is 0.538. The molecule has 0 aliphatic heterocycles. The Morgan fingerprint density at radius 1 is 1.08 bits per heavy atom. The van der Waals surface area contributed by atoms with E-state index in [9.17, 15) is 4.79 Å². The molecule has 0 aliphatic rings. The van der Waals surface area contributed by atoms with E-state index in [-0.39, 0.29) is 6.03 Å². The molecule has 24 heavy (non-hydrogen) atoms. The van der Waals surface area contributed by atoms with E-state index in [1.807, 2.05) is 18.2 Å². The van der Waals surface area contributed by atoms with Crippen LogP contribution in [0.1, 0.15) is 5.56 Å². The van der Waals surface area contributed by atoms with E-state index < -0.39 is 0 Å². The van der Waals surface area contributed by atoms with Crippen molar-refractivity contribution in [1.82, 2.24) is 5.32 Å². The van der Waals surface area contributed by atoms with Gasteiger partial charge in [0.15, 0.2) is 0 Å². The lowest BCUT2D eigenvalue weighted by Gasteiger charge is -2.11. The molecule has 0 atom stereocenters. The molecule has 0 fully saturated rings. The van der Waals surface area contributed by atoms with E-state index in [0.29, 0.717) is 41.2 Å². The summed E-state index contributed by atoms with van der Waals surface area (Å²) in [6.07, 6.45) is 0. The van der Waals surface area contributed by atoms with Gasteiger partial charge in [0, 0.05) is 24.4 Å². The van der Waals surface area contributed by atoms with Crippen molar-refractivity contribution in [2.75, 3.05) is 25.6 Å². The molecule has 5 nitrogen and oxygen atoms in total. The Hall–Kier alpha value is -1.95. The maximum atomic E-state index is 11.9. The number of nitrogens with one attached hydrogen (secondary N) is 2. The molecule has 2 rings (SSSR count). The van der Waals surface area contributed by atoms with E-state index in [1.54, 1.807) is 31.4 Å². The van der Waals surface area contributed by atoms with Crippen molar-refractivity contribution in [3.63, 3.8) is 0 Å². The van der Waals surface area contributed by atoms with Crippen LogP contribution in [0.2, 0.25) is 10.0 Å². The van der Waals surface area contributed by atoms with Crippen LogP contribution in [0.15, 0.2) is 42.5 Å². The fourth-order valence-electron chi connectivity index (χ4n) is 1.92. The van der Waals surface area contributed by atoms with Crippen LogP contribution in [0.3, 0.4) is 0 Å². The number of anilines is 1. The Kier molecular flexibility index (Phi) is 7.18. The molecule has 0 radical (unpaired) electrons. The Morgan fingerprint density at radius 2 is 1.88 bits per heavy atom. The molecule has 2 N–H and O–H groups in total. The third-order valence-electron chi connectivity index (χ3n) is 3.13. The molecule has 0 aliphatic carbocycles. The van der Waals surface area contributed by atoms with Crippen molar-refractivity contribution in [2.24, 2.45) is 0 Å². The average molecular weight is 369 g/mol. The van der Waals surface area contributed by atoms with Gasteiger partial charge in [-0.05, 0) is 29.8 Å². The molecule has 7 heteroatoms. The lowest BCUT2D eigenvalue weighted by atomic mass is 10.2. The standard InChI is InChI=1S/C17H18Cl2N2O3/c1-23-8-9-24-16-7-6-13(10-15(16)19)21-17(22)20-11-12-4-2-3-5-14(12)18/h2-7,10H,8-9,11H2,1H3,(H2,20,21,22). The van der Waals surface area contributed by atoms with Crippen LogP contribution in [-0.2, 0) is 11.3 Å². The first-order valence-corrected chi connectivity index (χ1v) is 8.05. The maximum absolute atomic E-state index is 11.9. The van der Waals surface area contributed by atoms with Gasteiger partial charge in [-0.15, -0.1) is 0 Å². The fourth-order valence-corrected chi connectivity index (χ4v) is 2.36. The highest BCUT2D eigenvalue weighted by molar-refractivity contribution is 6.32. The summed E-state index contributed by atoms with van der Waals surface area (Å²) in [6, 6.07) is 12.0. The van der Waals surface area contributed by atoms with Gasteiger partial charge in [-0.2, -0.15) is 0 Å². The molecule has 0 bridgehead atoms. The first-order valence-electron chi connectivity index (χ1n) is 7.29. The van der Waals surface area contributed by atoms with Gasteiger partial charge in [0.05, 0.1) is 11.6 Å². The number of hydrogen-bond acceptors (Lipinski definition) is 3. The molecule has 0 unspecified atom stereocenters. The van der Waals surface area contributed by atoms with Crippen LogP contribution in [0, 0.1) is 0 Å². The van der Waals surface area contributed by atoms with E-state index in [2.05, 4.69) is 10.6 Å². The molecular formula is C17H18Cl2N2O3. The van der Waals surface area contributed by atoms with Gasteiger partial charge in [-0.3, -0.25) is 0 Å². The summed E-state index contributed by atoms with van der Waals surface area (Å²) >= 11 is 12.2. The molecule has 128 valence electrons. The molecule has 0 spiro atoms. The minimum absolute atomic E-state index is 0.331. The van der Waals surface area contributed by atoms with Gasteiger partial charge in [-0.1, -0.05) is 41.4 Å². The molecule has 0 heterocycles. The Morgan fingerprint density at radius 3 is 2.58 bits per heavy atom. The topological polar surface area (TPSA) is 59.6 Å². The van der Waals surface area contributed by atoms with Crippen molar-refractivity contribution in [3.8, 4) is 5.75 Å². The minimum Gasteiger partial charge on any atom is -0.490 e. The second kappa shape index (κ2) is 9.37. The van der Waals surface area contributed by atoms with Crippen LogP contribution >= 0.6 is 23.2 Å². The largest absolute Gasteiger partial charge is 0.490 e. The minimum atomic E-state index is -0.348. The number of methoxy groups -OCH3 is 1. The van der Waals surface area contributed by atoms with Crippen molar-refractivity contribution in [3.05, 3.63) is 58.1 Å². The summed E-state index contributed by atoms with van der Waals surface area (Å²) in [5.41, 5.74) is 1.41. The normalized spacial score (nSPS) is 10.3. The predicted octanol–water partition coefficient (Wildman–Crippen LogP) is 4.34.